The number of carboxylic acids is 1. The summed E-state index contributed by atoms with van der Waals surface area (Å²) in [5, 5.41) is 10.3. The van der Waals surface area contributed by atoms with Crippen LogP contribution in [0.5, 0.6) is 17.2 Å². The summed E-state index contributed by atoms with van der Waals surface area (Å²) in [6.07, 6.45) is 0.391. The van der Waals surface area contributed by atoms with Crippen molar-refractivity contribution in [3.05, 3.63) is 88.4 Å². The molecule has 5 heteroatoms. The van der Waals surface area contributed by atoms with Gasteiger partial charge in [-0.15, -0.1) is 0 Å². The predicted molar refractivity (Wildman–Crippen MR) is 110 cm³/mol. The molecule has 3 rings (SSSR count). The van der Waals surface area contributed by atoms with Gasteiger partial charge in [-0.25, -0.2) is 0 Å². The van der Waals surface area contributed by atoms with E-state index >= 15 is 0 Å². The van der Waals surface area contributed by atoms with Crippen LogP contribution in [0.4, 0.5) is 0 Å². The zero-order valence-electron chi connectivity index (χ0n) is 15.7. The zero-order valence-corrected chi connectivity index (χ0v) is 16.4. The number of carbonyl (C=O) groups is 1. The Bertz CT molecular complexity index is 949. The van der Waals surface area contributed by atoms with E-state index in [0.717, 1.165) is 16.7 Å². The fraction of sp³-hybridized carbons (Fsp3) is 0.174. The van der Waals surface area contributed by atoms with Crippen LogP contribution in [0, 0.1) is 6.92 Å². The topological polar surface area (TPSA) is 55.8 Å². The largest absolute Gasteiger partial charge is 0.497 e. The molecule has 0 aliphatic heterocycles. The third-order valence-corrected chi connectivity index (χ3v) is 4.97. The van der Waals surface area contributed by atoms with E-state index in [1.165, 1.54) is 0 Å². The van der Waals surface area contributed by atoms with Crippen LogP contribution in [0.15, 0.2) is 66.7 Å². The molecule has 28 heavy (non-hydrogen) atoms. The van der Waals surface area contributed by atoms with Gasteiger partial charge in [-0.1, -0.05) is 35.9 Å². The van der Waals surface area contributed by atoms with E-state index in [1.807, 2.05) is 43.3 Å². The van der Waals surface area contributed by atoms with Gasteiger partial charge >= 0.3 is 5.97 Å². The lowest BCUT2D eigenvalue weighted by atomic mass is 9.92. The van der Waals surface area contributed by atoms with Gasteiger partial charge in [-0.2, -0.15) is 0 Å². The van der Waals surface area contributed by atoms with E-state index in [-0.39, 0.29) is 0 Å². The highest BCUT2D eigenvalue weighted by Crippen LogP contribution is 2.28. The monoisotopic (exact) mass is 396 g/mol. The quantitative estimate of drug-likeness (QED) is 0.543. The van der Waals surface area contributed by atoms with Crippen LogP contribution in [0.2, 0.25) is 5.02 Å². The molecule has 0 aromatic heterocycles. The molecular formula is C23H21ClO4. The average Bonchev–Trinajstić information content (AvgIpc) is 2.70. The van der Waals surface area contributed by atoms with E-state index in [1.54, 1.807) is 37.4 Å². The first-order chi connectivity index (χ1) is 13.5. The molecule has 0 heterocycles. The molecule has 0 saturated heterocycles. The Morgan fingerprint density at radius 3 is 2.14 bits per heavy atom. The minimum absolute atomic E-state index is 0.391. The molecule has 0 saturated carbocycles. The second-order valence-corrected chi connectivity index (χ2v) is 6.93. The van der Waals surface area contributed by atoms with Crippen molar-refractivity contribution in [2.45, 2.75) is 19.3 Å². The van der Waals surface area contributed by atoms with Crippen molar-refractivity contribution in [3.8, 4) is 17.2 Å². The number of hydrogen-bond acceptors (Lipinski definition) is 3. The molecule has 0 bridgehead atoms. The maximum atomic E-state index is 11.8. The van der Waals surface area contributed by atoms with Crippen molar-refractivity contribution in [1.29, 1.82) is 0 Å². The molecule has 144 valence electrons. The van der Waals surface area contributed by atoms with Gasteiger partial charge in [0, 0.05) is 5.02 Å². The summed E-state index contributed by atoms with van der Waals surface area (Å²) < 4.78 is 11.0. The van der Waals surface area contributed by atoms with Crippen LogP contribution in [0.25, 0.3) is 0 Å². The van der Waals surface area contributed by atoms with Crippen molar-refractivity contribution in [2.24, 2.45) is 0 Å². The van der Waals surface area contributed by atoms with Crippen LogP contribution in [0.1, 0.15) is 22.6 Å². The normalized spacial score (nSPS) is 11.7. The van der Waals surface area contributed by atoms with Gasteiger partial charge in [0.2, 0.25) is 0 Å². The number of ether oxygens (including phenoxy) is 2. The fourth-order valence-corrected chi connectivity index (χ4v) is 3.05. The molecule has 0 fully saturated rings. The summed E-state index contributed by atoms with van der Waals surface area (Å²) in [7, 11) is 1.58. The molecule has 3 aromatic carbocycles. The molecular weight excluding hydrogens is 376 g/mol. The lowest BCUT2D eigenvalue weighted by Gasteiger charge is -2.14. The minimum Gasteiger partial charge on any atom is -0.497 e. The number of methoxy groups -OCH3 is 1. The molecule has 3 aromatic rings. The van der Waals surface area contributed by atoms with Crippen molar-refractivity contribution in [2.75, 3.05) is 7.11 Å². The molecule has 0 radical (unpaired) electrons. The summed E-state index contributed by atoms with van der Waals surface area (Å²) >= 11 is 6.04. The smallest absolute Gasteiger partial charge is 0.311 e. The lowest BCUT2D eigenvalue weighted by molar-refractivity contribution is -0.138. The fourth-order valence-electron chi connectivity index (χ4n) is 2.93. The van der Waals surface area contributed by atoms with E-state index < -0.39 is 11.9 Å². The van der Waals surface area contributed by atoms with Crippen molar-refractivity contribution >= 4 is 17.6 Å². The Morgan fingerprint density at radius 2 is 1.57 bits per heavy atom. The van der Waals surface area contributed by atoms with Crippen LogP contribution in [0.3, 0.4) is 0 Å². The van der Waals surface area contributed by atoms with Crippen LogP contribution >= 0.6 is 11.6 Å². The molecule has 1 N–H and O–H groups in total. The summed E-state index contributed by atoms with van der Waals surface area (Å²) in [5.74, 6) is 0.601. The van der Waals surface area contributed by atoms with Crippen molar-refractivity contribution in [1.82, 2.24) is 0 Å². The number of aryl methyl sites for hydroxylation is 1. The predicted octanol–water partition coefficient (Wildman–Crippen LogP) is 5.86. The van der Waals surface area contributed by atoms with E-state index in [9.17, 15) is 9.90 Å². The lowest BCUT2D eigenvalue weighted by Crippen LogP contribution is -2.14. The second kappa shape index (κ2) is 8.81. The van der Waals surface area contributed by atoms with Gasteiger partial charge in [-0.3, -0.25) is 4.79 Å². The van der Waals surface area contributed by atoms with E-state index in [0.29, 0.717) is 28.7 Å². The highest BCUT2D eigenvalue weighted by molar-refractivity contribution is 6.31. The Labute approximate surface area is 169 Å². The Hall–Kier alpha value is -2.98. The second-order valence-electron chi connectivity index (χ2n) is 6.53. The Morgan fingerprint density at radius 1 is 0.964 bits per heavy atom. The third kappa shape index (κ3) is 4.84. The molecule has 0 spiro atoms. The number of benzene rings is 3. The maximum absolute atomic E-state index is 11.8. The molecule has 1 atom stereocenters. The van der Waals surface area contributed by atoms with Gasteiger partial charge in [0.25, 0.3) is 0 Å². The number of halogens is 1. The molecule has 0 aliphatic carbocycles. The molecule has 4 nitrogen and oxygen atoms in total. The number of carboxylic acid groups (broad SMARTS) is 1. The van der Waals surface area contributed by atoms with E-state index in [4.69, 9.17) is 21.1 Å². The van der Waals surface area contributed by atoms with Crippen molar-refractivity contribution < 1.29 is 19.4 Å². The van der Waals surface area contributed by atoms with Gasteiger partial charge in [0.1, 0.15) is 17.2 Å². The van der Waals surface area contributed by atoms with Gasteiger partial charge < -0.3 is 14.6 Å². The summed E-state index contributed by atoms with van der Waals surface area (Å²) in [5.41, 5.74) is 2.60. The standard InChI is InChI=1S/C23H21ClO4/c1-15-13-20(11-12-22(15)24)28-19-7-3-16(4-8-19)14-21(23(25)26)17-5-9-18(27-2)10-6-17/h3-13,21H,14H2,1-2H3,(H,25,26). The van der Waals surface area contributed by atoms with E-state index in [2.05, 4.69) is 0 Å². The summed E-state index contributed by atoms with van der Waals surface area (Å²) in [4.78, 5) is 11.8. The minimum atomic E-state index is -0.859. The molecule has 0 aliphatic rings. The first-order valence-corrected chi connectivity index (χ1v) is 9.24. The van der Waals surface area contributed by atoms with Crippen LogP contribution < -0.4 is 9.47 Å². The highest BCUT2D eigenvalue weighted by atomic mass is 35.5. The Balaban J connectivity index is 1.72. The first-order valence-electron chi connectivity index (χ1n) is 8.86. The van der Waals surface area contributed by atoms with Gasteiger partial charge in [0.15, 0.2) is 0 Å². The maximum Gasteiger partial charge on any atom is 0.311 e. The Kier molecular flexibility index (Phi) is 6.22. The zero-order chi connectivity index (χ0) is 20.1. The highest BCUT2D eigenvalue weighted by Gasteiger charge is 2.20. The van der Waals surface area contributed by atoms with Crippen LogP contribution in [-0.4, -0.2) is 18.2 Å². The van der Waals surface area contributed by atoms with Gasteiger partial charge in [0.05, 0.1) is 13.0 Å². The van der Waals surface area contributed by atoms with Gasteiger partial charge in [-0.05, 0) is 72.5 Å². The number of hydrogen-bond donors (Lipinski definition) is 1. The summed E-state index contributed by atoms with van der Waals surface area (Å²) in [6, 6.07) is 20.1. The van der Waals surface area contributed by atoms with Crippen LogP contribution in [-0.2, 0) is 11.2 Å². The number of aliphatic carboxylic acids is 1. The third-order valence-electron chi connectivity index (χ3n) is 4.54. The summed E-state index contributed by atoms with van der Waals surface area (Å²) in [6.45, 7) is 1.92. The molecule has 0 amide bonds. The SMILES string of the molecule is COc1ccc(C(Cc2ccc(Oc3ccc(Cl)c(C)c3)cc2)C(=O)O)cc1. The van der Waals surface area contributed by atoms with Crippen molar-refractivity contribution in [3.63, 3.8) is 0 Å². The first kappa shape index (κ1) is 19.8. The number of rotatable bonds is 7. The molecule has 1 unspecified atom stereocenters. The average molecular weight is 397 g/mol.